The van der Waals surface area contributed by atoms with Gasteiger partial charge < -0.3 is 16.0 Å². The van der Waals surface area contributed by atoms with Crippen LogP contribution in [0.2, 0.25) is 0 Å². The first-order valence-electron chi connectivity index (χ1n) is 12.4. The Labute approximate surface area is 223 Å². The lowest BCUT2D eigenvalue weighted by Gasteiger charge is -2.11. The molecule has 1 amide bonds. The van der Waals surface area contributed by atoms with Gasteiger partial charge in [0.1, 0.15) is 11.9 Å². The van der Waals surface area contributed by atoms with Crippen molar-refractivity contribution in [3.8, 4) is 22.3 Å². The minimum absolute atomic E-state index is 0.180. The third-order valence-corrected chi connectivity index (χ3v) is 6.74. The van der Waals surface area contributed by atoms with Crippen molar-refractivity contribution in [2.75, 3.05) is 16.0 Å². The van der Waals surface area contributed by atoms with E-state index in [0.717, 1.165) is 50.2 Å². The highest BCUT2D eigenvalue weighted by Crippen LogP contribution is 2.42. The zero-order chi connectivity index (χ0) is 26.2. The van der Waals surface area contributed by atoms with Crippen molar-refractivity contribution in [2.24, 2.45) is 0 Å². The molecule has 7 rings (SSSR count). The fraction of sp³-hybridized carbons (Fsp3) is 0.0333. The maximum Gasteiger partial charge on any atom is 0.255 e. The summed E-state index contributed by atoms with van der Waals surface area (Å²) in [4.78, 5) is 25.7. The minimum Gasteiger partial charge on any atom is -0.358 e. The molecule has 5 heterocycles. The first kappa shape index (κ1) is 22.6. The lowest BCUT2D eigenvalue weighted by Crippen LogP contribution is -2.13. The second-order valence-electron chi connectivity index (χ2n) is 9.22. The molecule has 39 heavy (non-hydrogen) atoms. The lowest BCUT2D eigenvalue weighted by molar-refractivity contribution is 0.102. The predicted octanol–water partition coefficient (Wildman–Crippen LogP) is 5.87. The smallest absolute Gasteiger partial charge is 0.255 e. The molecular formula is C30H22N8O. The van der Waals surface area contributed by atoms with E-state index in [1.807, 2.05) is 67.1 Å². The van der Waals surface area contributed by atoms with Crippen LogP contribution in [-0.2, 0) is 0 Å². The average Bonchev–Trinajstić information content (AvgIpc) is 3.62. The standard InChI is InChI=1S/C30H22N8O/c39-30(18-5-2-1-3-6-18)34-22-11-21(14-32-15-22)19-8-9-25-23(12-19)28(38-37-25)29-35-26-17-33-16-24(27(26)36-29)20-7-4-10-31-13-20/h1-17,29,35-36H,(H,34,39)(H,37,38). The van der Waals surface area contributed by atoms with Gasteiger partial charge in [-0.1, -0.05) is 30.3 Å². The number of nitrogens with zero attached hydrogens (tertiary/aromatic N) is 4. The van der Waals surface area contributed by atoms with E-state index in [4.69, 9.17) is 0 Å². The number of H-pyrrole nitrogens is 1. The highest BCUT2D eigenvalue weighted by Gasteiger charge is 2.27. The van der Waals surface area contributed by atoms with Crippen molar-refractivity contribution in [1.82, 2.24) is 25.1 Å². The molecule has 4 N–H and O–H groups in total. The molecule has 9 heteroatoms. The van der Waals surface area contributed by atoms with Crippen LogP contribution in [0.15, 0.2) is 104 Å². The summed E-state index contributed by atoms with van der Waals surface area (Å²) in [6.07, 6.45) is 10.4. The zero-order valence-corrected chi connectivity index (χ0v) is 20.6. The number of hydrogen-bond acceptors (Lipinski definition) is 7. The first-order chi connectivity index (χ1) is 19.2. The largest absolute Gasteiger partial charge is 0.358 e. The Hall–Kier alpha value is -5.57. The minimum atomic E-state index is -0.252. The van der Waals surface area contributed by atoms with Gasteiger partial charge in [-0.3, -0.25) is 24.8 Å². The molecule has 0 spiro atoms. The number of nitrogens with one attached hydrogen (secondary N) is 4. The van der Waals surface area contributed by atoms with Crippen molar-refractivity contribution in [3.63, 3.8) is 0 Å². The second kappa shape index (κ2) is 9.38. The van der Waals surface area contributed by atoms with Crippen LogP contribution >= 0.6 is 0 Å². The van der Waals surface area contributed by atoms with Crippen LogP contribution in [0.25, 0.3) is 33.2 Å². The van der Waals surface area contributed by atoms with Crippen LogP contribution in [0.1, 0.15) is 22.2 Å². The molecule has 2 aromatic carbocycles. The molecule has 0 saturated heterocycles. The maximum atomic E-state index is 12.6. The summed E-state index contributed by atoms with van der Waals surface area (Å²) in [6, 6.07) is 21.1. The van der Waals surface area contributed by atoms with Crippen molar-refractivity contribution in [1.29, 1.82) is 0 Å². The van der Waals surface area contributed by atoms with Crippen molar-refractivity contribution in [2.45, 2.75) is 6.17 Å². The third kappa shape index (κ3) is 4.21. The van der Waals surface area contributed by atoms with Crippen molar-refractivity contribution < 1.29 is 4.79 Å². The number of fused-ring (bicyclic) bond motifs is 2. The summed E-state index contributed by atoms with van der Waals surface area (Å²) in [7, 11) is 0. The molecular weight excluding hydrogens is 488 g/mol. The number of benzene rings is 2. The van der Waals surface area contributed by atoms with Gasteiger partial charge in [0.2, 0.25) is 0 Å². The number of aromatic amines is 1. The van der Waals surface area contributed by atoms with Crippen LogP contribution in [0, 0.1) is 0 Å². The van der Waals surface area contributed by atoms with E-state index in [0.29, 0.717) is 11.3 Å². The highest BCUT2D eigenvalue weighted by molar-refractivity contribution is 6.04. The Morgan fingerprint density at radius 2 is 1.64 bits per heavy atom. The van der Waals surface area contributed by atoms with Gasteiger partial charge in [0.05, 0.1) is 35.0 Å². The number of aromatic nitrogens is 5. The maximum absolute atomic E-state index is 12.6. The van der Waals surface area contributed by atoms with E-state index in [2.05, 4.69) is 47.2 Å². The van der Waals surface area contributed by atoms with Gasteiger partial charge in [0, 0.05) is 52.4 Å². The summed E-state index contributed by atoms with van der Waals surface area (Å²) in [5.74, 6) is -0.180. The summed E-state index contributed by atoms with van der Waals surface area (Å²) < 4.78 is 0. The van der Waals surface area contributed by atoms with Crippen LogP contribution < -0.4 is 16.0 Å². The highest BCUT2D eigenvalue weighted by atomic mass is 16.1. The van der Waals surface area contributed by atoms with E-state index in [-0.39, 0.29) is 12.1 Å². The first-order valence-corrected chi connectivity index (χ1v) is 12.4. The molecule has 1 aliphatic rings. The molecule has 0 fully saturated rings. The van der Waals surface area contributed by atoms with E-state index in [1.165, 1.54) is 0 Å². The Morgan fingerprint density at radius 1 is 0.769 bits per heavy atom. The van der Waals surface area contributed by atoms with E-state index in [1.54, 1.807) is 30.7 Å². The second-order valence-corrected chi connectivity index (χ2v) is 9.22. The number of hydrogen-bond donors (Lipinski definition) is 4. The van der Waals surface area contributed by atoms with Gasteiger partial charge in [-0.05, 0) is 42.0 Å². The van der Waals surface area contributed by atoms with Gasteiger partial charge in [-0.25, -0.2) is 0 Å². The van der Waals surface area contributed by atoms with Crippen LogP contribution in [0.4, 0.5) is 17.1 Å². The number of amides is 1. The molecule has 0 aliphatic carbocycles. The molecule has 4 aromatic heterocycles. The zero-order valence-electron chi connectivity index (χ0n) is 20.6. The molecule has 1 unspecified atom stereocenters. The molecule has 0 saturated carbocycles. The summed E-state index contributed by atoms with van der Waals surface area (Å²) in [5.41, 5.74) is 8.62. The van der Waals surface area contributed by atoms with Crippen LogP contribution in [0.5, 0.6) is 0 Å². The fourth-order valence-corrected chi connectivity index (χ4v) is 4.83. The van der Waals surface area contributed by atoms with Gasteiger partial charge >= 0.3 is 0 Å². The third-order valence-electron chi connectivity index (χ3n) is 6.74. The van der Waals surface area contributed by atoms with Gasteiger partial charge in [-0.15, -0.1) is 0 Å². The molecule has 188 valence electrons. The van der Waals surface area contributed by atoms with E-state index in [9.17, 15) is 4.79 Å². The normalized spacial score (nSPS) is 13.9. The molecule has 1 aliphatic heterocycles. The number of rotatable bonds is 5. The monoisotopic (exact) mass is 510 g/mol. The Balaban J connectivity index is 1.18. The SMILES string of the molecule is O=C(Nc1cncc(-c2ccc3[nH]nc(C4Nc5cncc(-c6cccnc6)c5N4)c3c2)c1)c1ccccc1. The van der Waals surface area contributed by atoms with Crippen LogP contribution in [0.3, 0.4) is 0 Å². The topological polar surface area (TPSA) is 121 Å². The van der Waals surface area contributed by atoms with Crippen LogP contribution in [-0.4, -0.2) is 31.1 Å². The van der Waals surface area contributed by atoms with Crippen molar-refractivity contribution >= 4 is 33.9 Å². The average molecular weight is 511 g/mol. The summed E-state index contributed by atoms with van der Waals surface area (Å²) in [5, 5.41) is 18.8. The van der Waals surface area contributed by atoms with E-state index >= 15 is 0 Å². The molecule has 1 atom stereocenters. The number of carbonyl (C=O) groups excluding carboxylic acids is 1. The van der Waals surface area contributed by atoms with Gasteiger partial charge in [0.25, 0.3) is 5.91 Å². The number of pyridine rings is 3. The summed E-state index contributed by atoms with van der Waals surface area (Å²) in [6.45, 7) is 0. The number of anilines is 3. The molecule has 0 bridgehead atoms. The lowest BCUT2D eigenvalue weighted by atomic mass is 10.0. The van der Waals surface area contributed by atoms with Gasteiger partial charge in [0.15, 0.2) is 0 Å². The molecule has 0 radical (unpaired) electrons. The summed E-state index contributed by atoms with van der Waals surface area (Å²) >= 11 is 0. The van der Waals surface area contributed by atoms with Crippen molar-refractivity contribution in [3.05, 3.63) is 115 Å². The Kier molecular flexibility index (Phi) is 5.44. The fourth-order valence-electron chi connectivity index (χ4n) is 4.83. The Bertz CT molecular complexity index is 1820. The Morgan fingerprint density at radius 3 is 2.51 bits per heavy atom. The predicted molar refractivity (Wildman–Crippen MR) is 151 cm³/mol. The molecule has 9 nitrogen and oxygen atoms in total. The molecule has 6 aromatic rings. The number of carbonyl (C=O) groups is 1. The van der Waals surface area contributed by atoms with E-state index < -0.39 is 0 Å². The quantitative estimate of drug-likeness (QED) is 0.229. The van der Waals surface area contributed by atoms with Gasteiger partial charge in [-0.2, -0.15) is 5.10 Å².